The van der Waals surface area contributed by atoms with Gasteiger partial charge in [-0.1, -0.05) is 64.7 Å². The van der Waals surface area contributed by atoms with E-state index in [4.69, 9.17) is 23.7 Å². The summed E-state index contributed by atoms with van der Waals surface area (Å²) in [4.78, 5) is 45.3. The third-order valence-corrected chi connectivity index (χ3v) is 5.48. The molecular formula is C22H34O9. The highest BCUT2D eigenvalue weighted by molar-refractivity contribution is 6.29. The number of hydrogen-bond donors (Lipinski definition) is 0. The number of ether oxygens (including phenoxy) is 5. The summed E-state index contributed by atoms with van der Waals surface area (Å²) in [5.41, 5.74) is 0. The van der Waals surface area contributed by atoms with Gasteiger partial charge in [0.2, 0.25) is 6.29 Å². The first-order valence-electron chi connectivity index (χ1n) is 11.3. The lowest BCUT2D eigenvalue weighted by atomic mass is 10.1. The lowest BCUT2D eigenvalue weighted by molar-refractivity contribution is -0.173. The fourth-order valence-electron chi connectivity index (χ4n) is 3.81. The summed E-state index contributed by atoms with van der Waals surface area (Å²) in [7, 11) is 0. The maximum atomic E-state index is 12.0. The van der Waals surface area contributed by atoms with Gasteiger partial charge >= 0.3 is 17.9 Å². The highest BCUT2D eigenvalue weighted by Crippen LogP contribution is 2.30. The average molecular weight is 443 g/mol. The van der Waals surface area contributed by atoms with Gasteiger partial charge in [0.15, 0.2) is 12.2 Å². The minimum atomic E-state index is -1.10. The van der Waals surface area contributed by atoms with Crippen molar-refractivity contribution in [1.82, 2.24) is 0 Å². The van der Waals surface area contributed by atoms with Gasteiger partial charge in [-0.05, 0) is 6.42 Å². The lowest BCUT2D eigenvalue weighted by Gasteiger charge is -2.16. The molecule has 2 aliphatic rings. The van der Waals surface area contributed by atoms with E-state index in [0.29, 0.717) is 6.42 Å². The molecule has 0 aliphatic carbocycles. The van der Waals surface area contributed by atoms with Crippen LogP contribution in [0.25, 0.3) is 0 Å². The average Bonchev–Trinajstić information content (AvgIpc) is 3.35. The van der Waals surface area contributed by atoms with Crippen molar-refractivity contribution in [3.05, 3.63) is 0 Å². The zero-order chi connectivity index (χ0) is 22.5. The van der Waals surface area contributed by atoms with Crippen LogP contribution in [0, 0.1) is 0 Å². The van der Waals surface area contributed by atoms with Crippen molar-refractivity contribution in [2.45, 2.75) is 95.5 Å². The Labute approximate surface area is 183 Å². The topological polar surface area (TPSA) is 114 Å². The van der Waals surface area contributed by atoms with Gasteiger partial charge in [0.25, 0.3) is 0 Å². The Morgan fingerprint density at radius 1 is 0.774 bits per heavy atom. The first-order chi connectivity index (χ1) is 15.1. The smallest absolute Gasteiger partial charge is 0.417 e. The van der Waals surface area contributed by atoms with E-state index in [2.05, 4.69) is 6.92 Å². The third kappa shape index (κ3) is 8.57. The molecule has 2 aliphatic heterocycles. The molecule has 31 heavy (non-hydrogen) atoms. The van der Waals surface area contributed by atoms with Crippen LogP contribution in [0.4, 0.5) is 0 Å². The summed E-state index contributed by atoms with van der Waals surface area (Å²) in [6, 6.07) is 0. The molecular weight excluding hydrogens is 408 g/mol. The van der Waals surface area contributed by atoms with E-state index < -0.39 is 42.3 Å². The van der Waals surface area contributed by atoms with E-state index in [-0.39, 0.29) is 26.1 Å². The molecule has 0 radical (unpaired) electrons. The molecule has 0 bridgehead atoms. The fraction of sp³-hybridized carbons (Fsp3) is 0.818. The Morgan fingerprint density at radius 2 is 1.29 bits per heavy atom. The maximum Gasteiger partial charge on any atom is 0.417 e. The van der Waals surface area contributed by atoms with Crippen molar-refractivity contribution in [3.63, 3.8) is 0 Å². The molecule has 0 saturated carbocycles. The van der Waals surface area contributed by atoms with E-state index in [1.165, 1.54) is 44.9 Å². The molecule has 2 unspecified atom stereocenters. The first kappa shape index (κ1) is 25.3. The molecule has 2 rings (SSSR count). The Balaban J connectivity index is 1.53. The van der Waals surface area contributed by atoms with Gasteiger partial charge in [-0.15, -0.1) is 0 Å². The molecule has 0 aromatic carbocycles. The molecule has 9 nitrogen and oxygen atoms in total. The van der Waals surface area contributed by atoms with E-state index >= 15 is 0 Å². The summed E-state index contributed by atoms with van der Waals surface area (Å²) in [5, 5.41) is 0. The van der Waals surface area contributed by atoms with Gasteiger partial charge in [-0.2, -0.15) is 0 Å². The monoisotopic (exact) mass is 442 g/mol. The number of fused-ring (bicyclic) bond motifs is 1. The van der Waals surface area contributed by atoms with Gasteiger partial charge in [0.05, 0.1) is 19.8 Å². The summed E-state index contributed by atoms with van der Waals surface area (Å²) < 4.78 is 25.9. The van der Waals surface area contributed by atoms with E-state index in [1.807, 2.05) is 0 Å². The molecule has 2 fully saturated rings. The SMILES string of the molecule is CCCCCCCCCCCCOC(=O)C(=O)O[C@@H]1COC2C1OC[C@H]2OC(=O)C=O. The second-order valence-corrected chi connectivity index (χ2v) is 7.95. The Morgan fingerprint density at radius 3 is 1.84 bits per heavy atom. The van der Waals surface area contributed by atoms with Crippen molar-refractivity contribution < 1.29 is 42.9 Å². The van der Waals surface area contributed by atoms with Crippen molar-refractivity contribution >= 4 is 24.2 Å². The van der Waals surface area contributed by atoms with Crippen LogP contribution >= 0.6 is 0 Å². The van der Waals surface area contributed by atoms with E-state index in [9.17, 15) is 19.2 Å². The molecule has 0 aromatic rings. The second kappa shape index (κ2) is 14.1. The number of rotatable bonds is 14. The summed E-state index contributed by atoms with van der Waals surface area (Å²) in [6.45, 7) is 2.41. The van der Waals surface area contributed by atoms with Gasteiger partial charge < -0.3 is 23.7 Å². The molecule has 2 saturated heterocycles. The number of unbranched alkanes of at least 4 members (excludes halogenated alkanes) is 9. The molecule has 9 heteroatoms. The van der Waals surface area contributed by atoms with Gasteiger partial charge in [-0.25, -0.2) is 14.4 Å². The second-order valence-electron chi connectivity index (χ2n) is 7.95. The number of esters is 3. The predicted octanol–water partition coefficient (Wildman–Crippen LogP) is 2.27. The summed E-state index contributed by atoms with van der Waals surface area (Å²) in [6.07, 6.45) is 8.81. The van der Waals surface area contributed by atoms with Crippen molar-refractivity contribution in [2.24, 2.45) is 0 Å². The molecule has 2 heterocycles. The minimum Gasteiger partial charge on any atom is -0.457 e. The third-order valence-electron chi connectivity index (χ3n) is 5.48. The van der Waals surface area contributed by atoms with Crippen LogP contribution in [-0.2, 0) is 42.9 Å². The molecule has 0 spiro atoms. The predicted molar refractivity (Wildman–Crippen MR) is 108 cm³/mol. The maximum absolute atomic E-state index is 12.0. The highest BCUT2D eigenvalue weighted by atomic mass is 16.7. The van der Waals surface area contributed by atoms with Crippen molar-refractivity contribution in [3.8, 4) is 0 Å². The quantitative estimate of drug-likeness (QED) is 0.131. The normalized spacial score (nSPS) is 24.4. The number of carbonyl (C=O) groups excluding carboxylic acids is 4. The summed E-state index contributed by atoms with van der Waals surface area (Å²) >= 11 is 0. The van der Waals surface area contributed by atoms with Crippen LogP contribution in [0.2, 0.25) is 0 Å². The number of hydrogen-bond acceptors (Lipinski definition) is 9. The van der Waals surface area contributed by atoms with Crippen LogP contribution in [0.5, 0.6) is 0 Å². The van der Waals surface area contributed by atoms with Crippen LogP contribution in [-0.4, -0.2) is 68.4 Å². The van der Waals surface area contributed by atoms with Crippen LogP contribution < -0.4 is 0 Å². The molecule has 0 N–H and O–H groups in total. The minimum absolute atomic E-state index is 0.00192. The molecule has 4 atom stereocenters. The zero-order valence-corrected chi connectivity index (χ0v) is 18.3. The molecule has 0 amide bonds. The van der Waals surface area contributed by atoms with Crippen molar-refractivity contribution in [1.29, 1.82) is 0 Å². The van der Waals surface area contributed by atoms with Gasteiger partial charge in [0, 0.05) is 0 Å². The summed E-state index contributed by atoms with van der Waals surface area (Å²) in [5.74, 6) is -3.16. The first-order valence-corrected chi connectivity index (χ1v) is 11.3. The van der Waals surface area contributed by atoms with Gasteiger partial charge in [-0.3, -0.25) is 4.79 Å². The standard InChI is InChI=1S/C22H34O9/c1-2-3-4-5-6-7-8-9-10-11-12-27-21(25)22(26)31-17-15-29-19-16(14-28-20(17)19)30-18(24)13-23/h13,16-17,19-20H,2-12,14-15H2,1H3/t16-,17-,19?,20?/m1/s1. The Bertz CT molecular complexity index is 592. The Hall–Kier alpha value is -2.00. The van der Waals surface area contributed by atoms with E-state index in [0.717, 1.165) is 12.8 Å². The zero-order valence-electron chi connectivity index (χ0n) is 18.3. The van der Waals surface area contributed by atoms with E-state index in [1.54, 1.807) is 0 Å². The van der Waals surface area contributed by atoms with Crippen LogP contribution in [0.15, 0.2) is 0 Å². The fourth-order valence-corrected chi connectivity index (χ4v) is 3.81. The molecule has 176 valence electrons. The van der Waals surface area contributed by atoms with Crippen LogP contribution in [0.3, 0.4) is 0 Å². The lowest BCUT2D eigenvalue weighted by Crippen LogP contribution is -2.37. The number of carbonyl (C=O) groups is 4. The van der Waals surface area contributed by atoms with Crippen molar-refractivity contribution in [2.75, 3.05) is 19.8 Å². The van der Waals surface area contributed by atoms with Gasteiger partial charge in [0.1, 0.15) is 12.2 Å². The highest BCUT2D eigenvalue weighted by Gasteiger charge is 2.51. The number of aldehydes is 1. The Kier molecular flexibility index (Phi) is 11.5. The largest absolute Gasteiger partial charge is 0.457 e. The van der Waals surface area contributed by atoms with Crippen LogP contribution in [0.1, 0.15) is 71.1 Å². The molecule has 0 aromatic heterocycles.